The van der Waals surface area contributed by atoms with Crippen LogP contribution >= 0.6 is 0 Å². The van der Waals surface area contributed by atoms with Gasteiger partial charge in [-0.3, -0.25) is 4.79 Å². The minimum absolute atomic E-state index is 0.233. The maximum Gasteiger partial charge on any atom is 0.341 e. The lowest BCUT2D eigenvalue weighted by Crippen LogP contribution is -2.14. The molecule has 1 aromatic carbocycles. The Kier molecular flexibility index (Phi) is 4.57. The third-order valence-electron chi connectivity index (χ3n) is 4.11. The highest BCUT2D eigenvalue weighted by Gasteiger charge is 2.18. The van der Waals surface area contributed by atoms with Gasteiger partial charge in [-0.1, -0.05) is 17.7 Å². The molecule has 0 spiro atoms. The average molecular weight is 337 g/mol. The van der Waals surface area contributed by atoms with E-state index in [1.165, 1.54) is 24.2 Å². The van der Waals surface area contributed by atoms with Crippen molar-refractivity contribution in [3.8, 4) is 5.69 Å². The van der Waals surface area contributed by atoms with Gasteiger partial charge >= 0.3 is 5.97 Å². The number of rotatable bonds is 5. The van der Waals surface area contributed by atoms with Crippen LogP contribution in [0.5, 0.6) is 0 Å². The number of esters is 1. The van der Waals surface area contributed by atoms with E-state index in [0.717, 1.165) is 17.1 Å². The van der Waals surface area contributed by atoms with Crippen LogP contribution in [0.25, 0.3) is 5.69 Å². The molecule has 0 N–H and O–H groups in total. The van der Waals surface area contributed by atoms with E-state index >= 15 is 0 Å². The molecular formula is C20H19NO4. The van der Waals surface area contributed by atoms with Gasteiger partial charge in [-0.2, -0.15) is 0 Å². The number of aryl methyl sites for hydroxylation is 2. The molecular weight excluding hydrogens is 318 g/mol. The van der Waals surface area contributed by atoms with Crippen LogP contribution < -0.4 is 0 Å². The minimum atomic E-state index is -0.575. The second-order valence-corrected chi connectivity index (χ2v) is 5.97. The Labute approximate surface area is 145 Å². The molecule has 2 aromatic heterocycles. The first-order valence-corrected chi connectivity index (χ1v) is 7.96. The third-order valence-corrected chi connectivity index (χ3v) is 4.11. The number of furan rings is 1. The quantitative estimate of drug-likeness (QED) is 0.521. The first kappa shape index (κ1) is 16.8. The Balaban J connectivity index is 1.78. The molecule has 25 heavy (non-hydrogen) atoms. The van der Waals surface area contributed by atoms with Gasteiger partial charge in [0.05, 0.1) is 11.8 Å². The predicted molar refractivity (Wildman–Crippen MR) is 93.3 cm³/mol. The Hall–Kier alpha value is -3.08. The number of hydrogen-bond donors (Lipinski definition) is 0. The smallest absolute Gasteiger partial charge is 0.341 e. The zero-order valence-corrected chi connectivity index (χ0v) is 14.4. The number of ether oxygens (including phenoxy) is 1. The van der Waals surface area contributed by atoms with Gasteiger partial charge in [0.15, 0.2) is 6.61 Å². The Morgan fingerprint density at radius 3 is 2.44 bits per heavy atom. The molecule has 5 nitrogen and oxygen atoms in total. The van der Waals surface area contributed by atoms with Gasteiger partial charge in [-0.25, -0.2) is 4.79 Å². The average Bonchev–Trinajstić information content (AvgIpc) is 3.22. The van der Waals surface area contributed by atoms with Crippen molar-refractivity contribution in [2.45, 2.75) is 20.8 Å². The fraction of sp³-hybridized carbons (Fsp3) is 0.200. The Morgan fingerprint density at radius 2 is 1.80 bits per heavy atom. The normalized spacial score (nSPS) is 10.7. The van der Waals surface area contributed by atoms with Gasteiger partial charge in [-0.05, 0) is 45.0 Å². The highest BCUT2D eigenvalue weighted by atomic mass is 16.5. The Morgan fingerprint density at radius 1 is 1.08 bits per heavy atom. The first-order chi connectivity index (χ1) is 12.0. The molecule has 0 bridgehead atoms. The topological polar surface area (TPSA) is 61.4 Å². The lowest BCUT2D eigenvalue weighted by molar-refractivity contribution is 0.0474. The van der Waals surface area contributed by atoms with E-state index in [1.807, 2.05) is 55.7 Å². The minimum Gasteiger partial charge on any atom is -0.472 e. The zero-order chi connectivity index (χ0) is 18.0. The standard InChI is InChI=1S/C20H19NO4/c1-13-4-6-17(7-5-13)21-14(2)10-18(15(21)3)19(22)12-25-20(23)16-8-9-24-11-16/h4-11H,12H2,1-3H3. The van der Waals surface area contributed by atoms with Crippen LogP contribution in [0.15, 0.2) is 53.3 Å². The summed E-state index contributed by atoms with van der Waals surface area (Å²) in [7, 11) is 0. The van der Waals surface area contributed by atoms with Crippen LogP contribution in [-0.2, 0) is 4.74 Å². The van der Waals surface area contributed by atoms with Crippen LogP contribution in [0.1, 0.15) is 37.7 Å². The molecule has 0 saturated carbocycles. The summed E-state index contributed by atoms with van der Waals surface area (Å²) in [4.78, 5) is 24.3. The van der Waals surface area contributed by atoms with Crippen molar-refractivity contribution in [3.05, 3.63) is 77.0 Å². The SMILES string of the molecule is Cc1ccc(-n2c(C)cc(C(=O)COC(=O)c3ccoc3)c2C)cc1. The molecule has 0 unspecified atom stereocenters. The van der Waals surface area contributed by atoms with E-state index in [0.29, 0.717) is 5.56 Å². The van der Waals surface area contributed by atoms with Crippen LogP contribution in [0.2, 0.25) is 0 Å². The van der Waals surface area contributed by atoms with Gasteiger partial charge < -0.3 is 13.7 Å². The summed E-state index contributed by atoms with van der Waals surface area (Å²) in [5, 5.41) is 0. The second-order valence-electron chi connectivity index (χ2n) is 5.97. The van der Waals surface area contributed by atoms with Gasteiger partial charge in [-0.15, -0.1) is 0 Å². The largest absolute Gasteiger partial charge is 0.472 e. The Bertz CT molecular complexity index is 902. The molecule has 0 aliphatic heterocycles. The highest BCUT2D eigenvalue weighted by molar-refractivity contribution is 6.00. The number of Topliss-reactive ketones (excluding diaryl/α,β-unsaturated/α-hetero) is 1. The van der Waals surface area contributed by atoms with E-state index in [9.17, 15) is 9.59 Å². The molecule has 0 radical (unpaired) electrons. The van der Waals surface area contributed by atoms with Crippen molar-refractivity contribution in [2.75, 3.05) is 6.61 Å². The summed E-state index contributed by atoms with van der Waals surface area (Å²) < 4.78 is 11.9. The molecule has 0 saturated heterocycles. The molecule has 0 aliphatic carbocycles. The molecule has 0 aliphatic rings. The molecule has 3 aromatic rings. The summed E-state index contributed by atoms with van der Waals surface area (Å²) in [5.74, 6) is -0.808. The van der Waals surface area contributed by atoms with Crippen molar-refractivity contribution < 1.29 is 18.7 Å². The fourth-order valence-corrected chi connectivity index (χ4v) is 2.81. The maximum absolute atomic E-state index is 12.5. The third kappa shape index (κ3) is 3.40. The van der Waals surface area contributed by atoms with Crippen molar-refractivity contribution in [3.63, 3.8) is 0 Å². The molecule has 0 atom stereocenters. The van der Waals surface area contributed by atoms with Gasteiger partial charge in [0.2, 0.25) is 5.78 Å². The van der Waals surface area contributed by atoms with Crippen molar-refractivity contribution in [1.29, 1.82) is 0 Å². The molecule has 0 fully saturated rings. The van der Waals surface area contributed by atoms with E-state index < -0.39 is 5.97 Å². The molecule has 2 heterocycles. The fourth-order valence-electron chi connectivity index (χ4n) is 2.81. The second kappa shape index (κ2) is 6.81. The number of aromatic nitrogens is 1. The number of carbonyl (C=O) groups excluding carboxylic acids is 2. The summed E-state index contributed by atoms with van der Waals surface area (Å²) in [6.07, 6.45) is 2.67. The van der Waals surface area contributed by atoms with Crippen molar-refractivity contribution >= 4 is 11.8 Å². The van der Waals surface area contributed by atoms with Crippen LogP contribution in [0.3, 0.4) is 0 Å². The van der Waals surface area contributed by atoms with Gasteiger partial charge in [0, 0.05) is 22.6 Å². The van der Waals surface area contributed by atoms with Crippen LogP contribution in [0, 0.1) is 20.8 Å². The monoisotopic (exact) mass is 337 g/mol. The number of carbonyl (C=O) groups is 2. The first-order valence-electron chi connectivity index (χ1n) is 7.96. The van der Waals surface area contributed by atoms with E-state index in [-0.39, 0.29) is 18.0 Å². The summed E-state index contributed by atoms with van der Waals surface area (Å²) >= 11 is 0. The van der Waals surface area contributed by atoms with E-state index in [4.69, 9.17) is 9.15 Å². The molecule has 0 amide bonds. The summed E-state index contributed by atoms with van der Waals surface area (Å²) in [6, 6.07) is 11.4. The lowest BCUT2D eigenvalue weighted by Gasteiger charge is -2.10. The van der Waals surface area contributed by atoms with Gasteiger partial charge in [0.25, 0.3) is 0 Å². The molecule has 128 valence electrons. The molecule has 5 heteroatoms. The number of hydrogen-bond acceptors (Lipinski definition) is 4. The van der Waals surface area contributed by atoms with E-state index in [1.54, 1.807) is 0 Å². The number of ketones is 1. The highest BCUT2D eigenvalue weighted by Crippen LogP contribution is 2.21. The number of nitrogens with zero attached hydrogens (tertiary/aromatic N) is 1. The lowest BCUT2D eigenvalue weighted by atomic mass is 10.1. The van der Waals surface area contributed by atoms with Crippen molar-refractivity contribution in [1.82, 2.24) is 4.57 Å². The summed E-state index contributed by atoms with van der Waals surface area (Å²) in [6.45, 7) is 5.56. The molecule has 3 rings (SSSR count). The predicted octanol–water partition coefficient (Wildman–Crippen LogP) is 4.04. The van der Waals surface area contributed by atoms with Crippen molar-refractivity contribution in [2.24, 2.45) is 0 Å². The summed E-state index contributed by atoms with van der Waals surface area (Å²) in [5.41, 5.74) is 4.79. The maximum atomic E-state index is 12.5. The number of benzene rings is 1. The van der Waals surface area contributed by atoms with Crippen LogP contribution in [0.4, 0.5) is 0 Å². The zero-order valence-electron chi connectivity index (χ0n) is 14.4. The van der Waals surface area contributed by atoms with E-state index in [2.05, 4.69) is 0 Å². The van der Waals surface area contributed by atoms with Gasteiger partial charge in [0.1, 0.15) is 6.26 Å². The van der Waals surface area contributed by atoms with Crippen LogP contribution in [-0.4, -0.2) is 22.9 Å².